The summed E-state index contributed by atoms with van der Waals surface area (Å²) in [6.07, 6.45) is 4.86. The van der Waals surface area contributed by atoms with Crippen LogP contribution in [0.25, 0.3) is 0 Å². The van der Waals surface area contributed by atoms with Gasteiger partial charge < -0.3 is 16.3 Å². The maximum absolute atomic E-state index is 8.31. The van der Waals surface area contributed by atoms with E-state index in [0.717, 1.165) is 31.8 Å². The zero-order chi connectivity index (χ0) is 11.5. The van der Waals surface area contributed by atoms with Gasteiger partial charge in [-0.3, -0.25) is 0 Å². The van der Waals surface area contributed by atoms with Crippen LogP contribution in [0.15, 0.2) is 5.16 Å². The third-order valence-electron chi connectivity index (χ3n) is 2.11. The quantitative estimate of drug-likeness (QED) is 0.185. The number of hydrogen-bond donors (Lipinski definition) is 3. The molecule has 0 radical (unpaired) electrons. The molecule has 0 bridgehead atoms. The Hall–Kier alpha value is -0.420. The van der Waals surface area contributed by atoms with Gasteiger partial charge in [0, 0.05) is 6.42 Å². The zero-order valence-corrected chi connectivity index (χ0v) is 10.5. The van der Waals surface area contributed by atoms with Gasteiger partial charge in [-0.05, 0) is 43.9 Å². The second-order valence-electron chi connectivity index (χ2n) is 3.81. The molecular formula is C10H23N3OS. The molecule has 4 N–H and O–H groups in total. The summed E-state index contributed by atoms with van der Waals surface area (Å²) in [6, 6.07) is 0. The Morgan fingerprint density at radius 2 is 2.27 bits per heavy atom. The lowest BCUT2D eigenvalue weighted by atomic mass is 10.2. The van der Waals surface area contributed by atoms with E-state index in [1.807, 2.05) is 11.8 Å². The number of thioether (sulfide) groups is 1. The van der Waals surface area contributed by atoms with Crippen molar-refractivity contribution in [2.75, 3.05) is 25.1 Å². The van der Waals surface area contributed by atoms with E-state index in [0.29, 0.717) is 12.3 Å². The number of unbranched alkanes of at least 4 members (excludes halogenated alkanes) is 1. The van der Waals surface area contributed by atoms with Gasteiger partial charge in [-0.15, -0.1) is 0 Å². The molecule has 1 unspecified atom stereocenters. The minimum Gasteiger partial charge on any atom is -0.409 e. The Bertz CT molecular complexity index is 176. The molecule has 15 heavy (non-hydrogen) atoms. The molecule has 90 valence electrons. The van der Waals surface area contributed by atoms with E-state index in [1.165, 1.54) is 5.75 Å². The fourth-order valence-corrected chi connectivity index (χ4v) is 1.98. The minimum atomic E-state index is 0.325. The molecular weight excluding hydrogens is 210 g/mol. The Morgan fingerprint density at radius 3 is 2.87 bits per heavy atom. The summed E-state index contributed by atoms with van der Waals surface area (Å²) >= 11 is 1.88. The molecule has 0 amide bonds. The van der Waals surface area contributed by atoms with Gasteiger partial charge in [-0.2, -0.15) is 11.8 Å². The summed E-state index contributed by atoms with van der Waals surface area (Å²) in [5.41, 5.74) is 5.35. The van der Waals surface area contributed by atoms with Crippen molar-refractivity contribution in [1.29, 1.82) is 0 Å². The van der Waals surface area contributed by atoms with Crippen LogP contribution in [0, 0.1) is 5.92 Å². The maximum atomic E-state index is 8.31. The molecule has 0 saturated heterocycles. The first-order valence-corrected chi connectivity index (χ1v) is 6.76. The van der Waals surface area contributed by atoms with Gasteiger partial charge >= 0.3 is 0 Å². The number of rotatable bonds is 9. The van der Waals surface area contributed by atoms with Crippen molar-refractivity contribution in [3.8, 4) is 0 Å². The van der Waals surface area contributed by atoms with E-state index in [9.17, 15) is 0 Å². The highest BCUT2D eigenvalue weighted by Gasteiger charge is 1.99. The largest absolute Gasteiger partial charge is 0.409 e. The molecule has 0 heterocycles. The van der Waals surface area contributed by atoms with Crippen LogP contribution in [0.1, 0.15) is 26.2 Å². The number of nitrogens with zero attached hydrogens (tertiary/aromatic N) is 1. The fraction of sp³-hybridized carbons (Fsp3) is 0.900. The Labute approximate surface area is 96.7 Å². The molecule has 0 aromatic rings. The fourth-order valence-electron chi connectivity index (χ4n) is 1.30. The smallest absolute Gasteiger partial charge is 0.139 e. The Balaban J connectivity index is 3.18. The van der Waals surface area contributed by atoms with Crippen molar-refractivity contribution in [2.24, 2.45) is 16.8 Å². The van der Waals surface area contributed by atoms with Crippen LogP contribution in [0.2, 0.25) is 0 Å². The summed E-state index contributed by atoms with van der Waals surface area (Å²) in [5, 5.41) is 14.6. The van der Waals surface area contributed by atoms with Gasteiger partial charge in [-0.1, -0.05) is 12.1 Å². The normalized spacial score (nSPS) is 14.1. The average molecular weight is 233 g/mol. The van der Waals surface area contributed by atoms with Crippen molar-refractivity contribution in [3.63, 3.8) is 0 Å². The van der Waals surface area contributed by atoms with Crippen LogP contribution in [-0.4, -0.2) is 36.1 Å². The summed E-state index contributed by atoms with van der Waals surface area (Å²) < 4.78 is 0. The number of nitrogens with one attached hydrogen (secondary N) is 1. The monoisotopic (exact) mass is 233 g/mol. The molecule has 0 aromatic heterocycles. The topological polar surface area (TPSA) is 70.6 Å². The number of oxime groups is 1. The molecule has 0 saturated carbocycles. The Kier molecular flexibility index (Phi) is 9.83. The van der Waals surface area contributed by atoms with Crippen molar-refractivity contribution in [1.82, 2.24) is 5.32 Å². The standard InChI is InChI=1S/C10H23N3OS/c1-9(8-15-2)7-12-6-4-3-5-10(11)13-14/h9,12,14H,3-8H2,1-2H3,(H2,11,13). The number of hydrogen-bond acceptors (Lipinski definition) is 4. The number of amidine groups is 1. The zero-order valence-electron chi connectivity index (χ0n) is 9.70. The van der Waals surface area contributed by atoms with E-state index in [2.05, 4.69) is 23.7 Å². The van der Waals surface area contributed by atoms with Gasteiger partial charge in [0.2, 0.25) is 0 Å². The molecule has 0 spiro atoms. The minimum absolute atomic E-state index is 0.325. The van der Waals surface area contributed by atoms with E-state index < -0.39 is 0 Å². The highest BCUT2D eigenvalue weighted by Crippen LogP contribution is 2.02. The van der Waals surface area contributed by atoms with Gasteiger partial charge in [0.25, 0.3) is 0 Å². The van der Waals surface area contributed by atoms with Crippen molar-refractivity contribution >= 4 is 17.6 Å². The highest BCUT2D eigenvalue weighted by atomic mass is 32.2. The third-order valence-corrected chi connectivity index (χ3v) is 3.01. The van der Waals surface area contributed by atoms with Crippen LogP contribution < -0.4 is 11.1 Å². The molecule has 0 aliphatic heterocycles. The lowest BCUT2D eigenvalue weighted by molar-refractivity contribution is 0.316. The SMILES string of the molecule is CSCC(C)CNCCCCC(N)=NO. The van der Waals surface area contributed by atoms with Crippen LogP contribution in [0.3, 0.4) is 0 Å². The van der Waals surface area contributed by atoms with Crippen LogP contribution in [0.4, 0.5) is 0 Å². The summed E-state index contributed by atoms with van der Waals surface area (Å²) in [4.78, 5) is 0. The molecule has 0 aliphatic carbocycles. The van der Waals surface area contributed by atoms with Gasteiger partial charge in [0.05, 0.1) is 0 Å². The summed E-state index contributed by atoms with van der Waals surface area (Å²) in [6.45, 7) is 4.34. The maximum Gasteiger partial charge on any atom is 0.139 e. The predicted octanol–water partition coefficient (Wildman–Crippen LogP) is 1.49. The molecule has 0 rings (SSSR count). The van der Waals surface area contributed by atoms with Crippen LogP contribution in [0.5, 0.6) is 0 Å². The summed E-state index contributed by atoms with van der Waals surface area (Å²) in [7, 11) is 0. The van der Waals surface area contributed by atoms with Gasteiger partial charge in [0.15, 0.2) is 0 Å². The first-order chi connectivity index (χ1) is 7.20. The van der Waals surface area contributed by atoms with Crippen LogP contribution in [-0.2, 0) is 0 Å². The van der Waals surface area contributed by atoms with Crippen molar-refractivity contribution in [2.45, 2.75) is 26.2 Å². The number of nitrogens with two attached hydrogens (primary N) is 1. The molecule has 0 aliphatic rings. The third kappa shape index (κ3) is 9.87. The first-order valence-electron chi connectivity index (χ1n) is 5.36. The Morgan fingerprint density at radius 1 is 1.53 bits per heavy atom. The van der Waals surface area contributed by atoms with E-state index in [4.69, 9.17) is 10.9 Å². The predicted molar refractivity (Wildman–Crippen MR) is 67.7 cm³/mol. The molecule has 1 atom stereocenters. The van der Waals surface area contributed by atoms with E-state index >= 15 is 0 Å². The van der Waals surface area contributed by atoms with E-state index in [-0.39, 0.29) is 0 Å². The molecule has 0 fully saturated rings. The summed E-state index contributed by atoms with van der Waals surface area (Å²) in [5.74, 6) is 2.26. The highest BCUT2D eigenvalue weighted by molar-refractivity contribution is 7.98. The van der Waals surface area contributed by atoms with Gasteiger partial charge in [-0.25, -0.2) is 0 Å². The molecule has 4 nitrogen and oxygen atoms in total. The second kappa shape index (κ2) is 10.1. The van der Waals surface area contributed by atoms with Gasteiger partial charge in [0.1, 0.15) is 5.84 Å². The lowest BCUT2D eigenvalue weighted by Crippen LogP contribution is -2.23. The van der Waals surface area contributed by atoms with Crippen molar-refractivity contribution < 1.29 is 5.21 Å². The van der Waals surface area contributed by atoms with Crippen LogP contribution >= 0.6 is 11.8 Å². The average Bonchev–Trinajstić information content (AvgIpc) is 2.23. The second-order valence-corrected chi connectivity index (χ2v) is 4.72. The first kappa shape index (κ1) is 14.6. The lowest BCUT2D eigenvalue weighted by Gasteiger charge is -2.10. The van der Waals surface area contributed by atoms with Crippen molar-refractivity contribution in [3.05, 3.63) is 0 Å². The molecule has 0 aromatic carbocycles. The molecule has 5 heteroatoms. The van der Waals surface area contributed by atoms with E-state index in [1.54, 1.807) is 0 Å².